The summed E-state index contributed by atoms with van der Waals surface area (Å²) in [5, 5.41) is 0. The minimum Gasteiger partial charge on any atom is -0.469 e. The molecule has 2 N–H and O–H groups in total. The van der Waals surface area contributed by atoms with Gasteiger partial charge in [0.2, 0.25) is 0 Å². The van der Waals surface area contributed by atoms with E-state index in [9.17, 15) is 0 Å². The van der Waals surface area contributed by atoms with Crippen LogP contribution in [0.15, 0.2) is 16.7 Å². The zero-order valence-electron chi connectivity index (χ0n) is 7.21. The summed E-state index contributed by atoms with van der Waals surface area (Å²) in [5.41, 5.74) is 6.93. The third-order valence-electron chi connectivity index (χ3n) is 1.90. The van der Waals surface area contributed by atoms with Crippen LogP contribution in [0, 0.1) is 19.3 Å². The molecule has 0 aromatic carbocycles. The molecule has 0 aliphatic rings. The lowest BCUT2D eigenvalue weighted by molar-refractivity contribution is 0.521. The van der Waals surface area contributed by atoms with Gasteiger partial charge in [-0.25, -0.2) is 0 Å². The first-order valence-corrected chi connectivity index (χ1v) is 3.98. The van der Waals surface area contributed by atoms with E-state index in [-0.39, 0.29) is 6.04 Å². The molecule has 1 heterocycles. The van der Waals surface area contributed by atoms with Crippen LogP contribution in [0.2, 0.25) is 0 Å². The summed E-state index contributed by atoms with van der Waals surface area (Å²) < 4.78 is 5.13. The van der Waals surface area contributed by atoms with Crippen LogP contribution >= 0.6 is 0 Å². The van der Waals surface area contributed by atoms with E-state index in [0.717, 1.165) is 17.7 Å². The van der Waals surface area contributed by atoms with Gasteiger partial charge in [0.1, 0.15) is 5.76 Å². The highest BCUT2D eigenvalue weighted by atomic mass is 16.3. The molecule has 0 radical (unpaired) electrons. The summed E-state index contributed by atoms with van der Waals surface area (Å²) in [7, 11) is 0. The van der Waals surface area contributed by atoms with Gasteiger partial charge < -0.3 is 10.2 Å². The Labute approximate surface area is 72.8 Å². The van der Waals surface area contributed by atoms with E-state index in [2.05, 4.69) is 5.92 Å². The Morgan fingerprint density at radius 1 is 1.75 bits per heavy atom. The van der Waals surface area contributed by atoms with Crippen molar-refractivity contribution in [1.82, 2.24) is 0 Å². The Bertz CT molecular complexity index is 282. The van der Waals surface area contributed by atoms with Gasteiger partial charge in [-0.1, -0.05) is 0 Å². The lowest BCUT2D eigenvalue weighted by atomic mass is 10.0. The van der Waals surface area contributed by atoms with Crippen molar-refractivity contribution in [2.45, 2.75) is 25.8 Å². The molecule has 0 fully saturated rings. The van der Waals surface area contributed by atoms with E-state index in [1.165, 1.54) is 0 Å². The average Bonchev–Trinajstić information content (AvgIpc) is 2.47. The quantitative estimate of drug-likeness (QED) is 0.692. The number of rotatable bonds is 3. The van der Waals surface area contributed by atoms with Crippen molar-refractivity contribution in [3.8, 4) is 12.3 Å². The first-order chi connectivity index (χ1) is 5.75. The summed E-state index contributed by atoms with van der Waals surface area (Å²) in [4.78, 5) is 0. The van der Waals surface area contributed by atoms with Crippen molar-refractivity contribution in [2.75, 3.05) is 0 Å². The summed E-state index contributed by atoms with van der Waals surface area (Å²) in [6, 6.07) is 1.91. The maximum atomic E-state index is 5.87. The maximum absolute atomic E-state index is 5.87. The molecule has 1 atom stereocenters. The highest BCUT2D eigenvalue weighted by molar-refractivity contribution is 5.19. The molecule has 1 unspecified atom stereocenters. The second-order valence-electron chi connectivity index (χ2n) is 2.78. The van der Waals surface area contributed by atoms with Crippen molar-refractivity contribution in [1.29, 1.82) is 0 Å². The smallest absolute Gasteiger partial charge is 0.105 e. The number of aryl methyl sites for hydroxylation is 1. The van der Waals surface area contributed by atoms with Crippen LogP contribution in [-0.2, 0) is 0 Å². The van der Waals surface area contributed by atoms with Crippen LogP contribution in [0.25, 0.3) is 0 Å². The lowest BCUT2D eigenvalue weighted by Crippen LogP contribution is -2.09. The number of nitrogens with two attached hydrogens (primary N) is 1. The van der Waals surface area contributed by atoms with E-state index in [4.69, 9.17) is 16.6 Å². The van der Waals surface area contributed by atoms with Gasteiger partial charge in [0.05, 0.1) is 6.26 Å². The topological polar surface area (TPSA) is 39.2 Å². The van der Waals surface area contributed by atoms with Crippen molar-refractivity contribution in [3.63, 3.8) is 0 Å². The standard InChI is InChI=1S/C10H13NO/c1-3-4-5-10(11)9-6-7-12-8(9)2/h1,6-7,10H,4-5,11H2,2H3. The van der Waals surface area contributed by atoms with Crippen LogP contribution in [-0.4, -0.2) is 0 Å². The molecule has 0 aliphatic carbocycles. The first-order valence-electron chi connectivity index (χ1n) is 3.98. The molecule has 1 aromatic heterocycles. The molecule has 0 aliphatic heterocycles. The Hall–Kier alpha value is -1.20. The van der Waals surface area contributed by atoms with Crippen LogP contribution < -0.4 is 5.73 Å². The molecule has 12 heavy (non-hydrogen) atoms. The fraction of sp³-hybridized carbons (Fsp3) is 0.400. The lowest BCUT2D eigenvalue weighted by Gasteiger charge is -2.07. The second-order valence-corrected chi connectivity index (χ2v) is 2.78. The first kappa shape index (κ1) is 8.89. The summed E-state index contributed by atoms with van der Waals surface area (Å²) in [6.45, 7) is 1.91. The van der Waals surface area contributed by atoms with Gasteiger partial charge >= 0.3 is 0 Å². The van der Waals surface area contributed by atoms with Crippen LogP contribution in [0.1, 0.15) is 30.2 Å². The Morgan fingerprint density at radius 2 is 2.50 bits per heavy atom. The molecular formula is C10H13NO. The van der Waals surface area contributed by atoms with E-state index >= 15 is 0 Å². The normalized spacial score (nSPS) is 12.4. The van der Waals surface area contributed by atoms with E-state index in [1.54, 1.807) is 6.26 Å². The summed E-state index contributed by atoms with van der Waals surface area (Å²) >= 11 is 0. The predicted octanol–water partition coefficient (Wildman–Crippen LogP) is 2.00. The minimum atomic E-state index is 0.0137. The molecule has 0 amide bonds. The number of terminal acetylenes is 1. The van der Waals surface area contributed by atoms with Crippen molar-refractivity contribution in [2.24, 2.45) is 5.73 Å². The SMILES string of the molecule is C#CCCC(N)c1ccoc1C. The highest BCUT2D eigenvalue weighted by Gasteiger charge is 2.09. The Morgan fingerprint density at radius 3 is 3.00 bits per heavy atom. The van der Waals surface area contributed by atoms with Crippen molar-refractivity contribution >= 4 is 0 Å². The van der Waals surface area contributed by atoms with Gasteiger partial charge in [0.15, 0.2) is 0 Å². The summed E-state index contributed by atoms with van der Waals surface area (Å²) in [5.74, 6) is 3.46. The molecule has 64 valence electrons. The minimum absolute atomic E-state index is 0.0137. The van der Waals surface area contributed by atoms with Gasteiger partial charge in [-0.15, -0.1) is 12.3 Å². The van der Waals surface area contributed by atoms with Crippen molar-refractivity contribution in [3.05, 3.63) is 23.7 Å². The number of hydrogen-bond donors (Lipinski definition) is 1. The fourth-order valence-corrected chi connectivity index (χ4v) is 1.17. The number of furan rings is 1. The maximum Gasteiger partial charge on any atom is 0.105 e. The monoisotopic (exact) mass is 163 g/mol. The molecular weight excluding hydrogens is 150 g/mol. The van der Waals surface area contributed by atoms with E-state index in [1.807, 2.05) is 13.0 Å². The van der Waals surface area contributed by atoms with Gasteiger partial charge in [0.25, 0.3) is 0 Å². The molecule has 0 saturated heterocycles. The third kappa shape index (κ3) is 1.90. The van der Waals surface area contributed by atoms with Crippen LogP contribution in [0.4, 0.5) is 0 Å². The highest BCUT2D eigenvalue weighted by Crippen LogP contribution is 2.19. The average molecular weight is 163 g/mol. The molecule has 0 bridgehead atoms. The van der Waals surface area contributed by atoms with Gasteiger partial charge in [-0.3, -0.25) is 0 Å². The fourth-order valence-electron chi connectivity index (χ4n) is 1.17. The largest absolute Gasteiger partial charge is 0.469 e. The number of hydrogen-bond acceptors (Lipinski definition) is 2. The molecule has 0 spiro atoms. The Balaban J connectivity index is 2.60. The van der Waals surface area contributed by atoms with Gasteiger partial charge in [0, 0.05) is 18.0 Å². The van der Waals surface area contributed by atoms with Crippen molar-refractivity contribution < 1.29 is 4.42 Å². The van der Waals surface area contributed by atoms with Crippen LogP contribution in [0.3, 0.4) is 0 Å². The van der Waals surface area contributed by atoms with Gasteiger partial charge in [-0.05, 0) is 19.4 Å². The molecule has 1 aromatic rings. The Kier molecular flexibility index (Phi) is 2.95. The van der Waals surface area contributed by atoms with Gasteiger partial charge in [-0.2, -0.15) is 0 Å². The molecule has 0 saturated carbocycles. The van der Waals surface area contributed by atoms with E-state index < -0.39 is 0 Å². The molecule has 2 nitrogen and oxygen atoms in total. The molecule has 1 rings (SSSR count). The zero-order valence-corrected chi connectivity index (χ0v) is 7.21. The zero-order chi connectivity index (χ0) is 8.97. The summed E-state index contributed by atoms with van der Waals surface area (Å²) in [6.07, 6.45) is 8.32. The predicted molar refractivity (Wildman–Crippen MR) is 48.4 cm³/mol. The second kappa shape index (κ2) is 3.99. The third-order valence-corrected chi connectivity index (χ3v) is 1.90. The van der Waals surface area contributed by atoms with E-state index in [0.29, 0.717) is 6.42 Å². The van der Waals surface area contributed by atoms with Crippen LogP contribution in [0.5, 0.6) is 0 Å². The molecule has 2 heteroatoms.